The monoisotopic (exact) mass is 344 g/mol. The summed E-state index contributed by atoms with van der Waals surface area (Å²) in [5.41, 5.74) is 4.43. The Balaban J connectivity index is 1.83. The Morgan fingerprint density at radius 3 is 2.79 bits per heavy atom. The zero-order valence-corrected chi connectivity index (χ0v) is 14.4. The highest BCUT2D eigenvalue weighted by atomic mass is 32.2. The molecule has 2 N–H and O–H groups in total. The second-order valence-corrected chi connectivity index (χ2v) is 6.43. The SMILES string of the molecule is COc1cc(C=NNC(=O)C(C)SCc2ccccc2)ccc1O. The second kappa shape index (κ2) is 8.98. The lowest BCUT2D eigenvalue weighted by Crippen LogP contribution is -2.26. The van der Waals surface area contributed by atoms with Crippen molar-refractivity contribution in [1.29, 1.82) is 0 Å². The number of phenolic OH excluding ortho intramolecular Hbond substituents is 1. The number of hydrogen-bond acceptors (Lipinski definition) is 5. The van der Waals surface area contributed by atoms with Gasteiger partial charge in [0, 0.05) is 5.75 Å². The van der Waals surface area contributed by atoms with E-state index in [1.54, 1.807) is 23.9 Å². The molecule has 1 amide bonds. The number of aromatic hydroxyl groups is 1. The maximum atomic E-state index is 12.0. The lowest BCUT2D eigenvalue weighted by molar-refractivity contribution is -0.120. The summed E-state index contributed by atoms with van der Waals surface area (Å²) in [4.78, 5) is 12.0. The first-order valence-electron chi connectivity index (χ1n) is 7.45. The van der Waals surface area contributed by atoms with E-state index in [0.29, 0.717) is 5.75 Å². The van der Waals surface area contributed by atoms with Gasteiger partial charge in [0.1, 0.15) is 0 Å². The number of carbonyl (C=O) groups is 1. The molecule has 0 radical (unpaired) electrons. The Morgan fingerprint density at radius 1 is 1.33 bits per heavy atom. The first kappa shape index (κ1) is 17.9. The molecule has 0 heterocycles. The van der Waals surface area contributed by atoms with Gasteiger partial charge in [-0.2, -0.15) is 5.10 Å². The fourth-order valence-electron chi connectivity index (χ4n) is 1.91. The molecule has 1 atom stereocenters. The van der Waals surface area contributed by atoms with Crippen molar-refractivity contribution in [1.82, 2.24) is 5.43 Å². The molecule has 0 bridgehead atoms. The van der Waals surface area contributed by atoms with Crippen LogP contribution in [0.5, 0.6) is 11.5 Å². The zero-order chi connectivity index (χ0) is 17.4. The molecule has 0 aliphatic heterocycles. The summed E-state index contributed by atoms with van der Waals surface area (Å²) in [7, 11) is 1.48. The summed E-state index contributed by atoms with van der Waals surface area (Å²) in [5, 5.41) is 13.3. The minimum absolute atomic E-state index is 0.0598. The van der Waals surface area contributed by atoms with Crippen molar-refractivity contribution in [2.75, 3.05) is 7.11 Å². The average Bonchev–Trinajstić information content (AvgIpc) is 2.61. The van der Waals surface area contributed by atoms with E-state index in [1.165, 1.54) is 25.0 Å². The van der Waals surface area contributed by atoms with Crippen LogP contribution in [0.2, 0.25) is 0 Å². The average molecular weight is 344 g/mol. The largest absolute Gasteiger partial charge is 0.504 e. The van der Waals surface area contributed by atoms with Gasteiger partial charge in [0.15, 0.2) is 11.5 Å². The molecule has 6 heteroatoms. The Labute approximate surface area is 145 Å². The molecular weight excluding hydrogens is 324 g/mol. The first-order chi connectivity index (χ1) is 11.6. The summed E-state index contributed by atoms with van der Waals surface area (Å²) in [6, 6.07) is 14.8. The number of carbonyl (C=O) groups excluding carboxylic acids is 1. The Kier molecular flexibility index (Phi) is 6.69. The molecule has 1 unspecified atom stereocenters. The van der Waals surface area contributed by atoms with Crippen molar-refractivity contribution < 1.29 is 14.6 Å². The predicted molar refractivity (Wildman–Crippen MR) is 97.6 cm³/mol. The van der Waals surface area contributed by atoms with Crippen LogP contribution in [0.15, 0.2) is 53.6 Å². The molecule has 24 heavy (non-hydrogen) atoms. The van der Waals surface area contributed by atoms with E-state index in [9.17, 15) is 9.90 Å². The van der Waals surface area contributed by atoms with Crippen LogP contribution < -0.4 is 10.2 Å². The first-order valence-corrected chi connectivity index (χ1v) is 8.50. The third-order valence-electron chi connectivity index (χ3n) is 3.30. The predicted octanol–water partition coefficient (Wildman–Crippen LogP) is 3.17. The topological polar surface area (TPSA) is 70.9 Å². The second-order valence-electron chi connectivity index (χ2n) is 5.10. The number of hydrazone groups is 1. The number of nitrogens with one attached hydrogen (secondary N) is 1. The number of amides is 1. The zero-order valence-electron chi connectivity index (χ0n) is 13.6. The molecule has 2 rings (SSSR count). The van der Waals surface area contributed by atoms with Crippen molar-refractivity contribution in [2.24, 2.45) is 5.10 Å². The standard InChI is InChI=1S/C18H20N2O3S/c1-13(24-12-14-6-4-3-5-7-14)18(22)20-19-11-15-8-9-16(21)17(10-15)23-2/h3-11,13,21H,12H2,1-2H3,(H,20,22). The molecule has 2 aromatic carbocycles. The normalized spacial score (nSPS) is 12.1. The van der Waals surface area contributed by atoms with Gasteiger partial charge in [0.2, 0.25) is 0 Å². The highest BCUT2D eigenvalue weighted by molar-refractivity contribution is 7.99. The van der Waals surface area contributed by atoms with E-state index < -0.39 is 0 Å². The van der Waals surface area contributed by atoms with E-state index in [1.807, 2.05) is 37.3 Å². The van der Waals surface area contributed by atoms with Crippen LogP contribution in [0.25, 0.3) is 0 Å². The molecule has 2 aromatic rings. The van der Waals surface area contributed by atoms with Crippen molar-refractivity contribution >= 4 is 23.9 Å². The van der Waals surface area contributed by atoms with Crippen molar-refractivity contribution in [3.8, 4) is 11.5 Å². The van der Waals surface area contributed by atoms with Gasteiger partial charge in [-0.05, 0) is 36.2 Å². The lowest BCUT2D eigenvalue weighted by Gasteiger charge is -2.09. The Bertz CT molecular complexity index is 705. The number of thioether (sulfide) groups is 1. The van der Waals surface area contributed by atoms with Crippen LogP contribution in [0.4, 0.5) is 0 Å². The van der Waals surface area contributed by atoms with Crippen LogP contribution >= 0.6 is 11.8 Å². The third-order valence-corrected chi connectivity index (χ3v) is 4.52. The number of benzene rings is 2. The minimum Gasteiger partial charge on any atom is -0.504 e. The summed E-state index contributed by atoms with van der Waals surface area (Å²) < 4.78 is 5.02. The van der Waals surface area contributed by atoms with Gasteiger partial charge >= 0.3 is 0 Å². The maximum Gasteiger partial charge on any atom is 0.252 e. The Hall–Kier alpha value is -2.47. The van der Waals surface area contributed by atoms with Crippen molar-refractivity contribution in [3.05, 3.63) is 59.7 Å². The molecule has 0 aromatic heterocycles. The van der Waals surface area contributed by atoms with Gasteiger partial charge < -0.3 is 9.84 Å². The Morgan fingerprint density at radius 2 is 2.08 bits per heavy atom. The smallest absolute Gasteiger partial charge is 0.252 e. The number of methoxy groups -OCH3 is 1. The van der Waals surface area contributed by atoms with Gasteiger partial charge in [-0.15, -0.1) is 11.8 Å². The molecular formula is C18H20N2O3S. The third kappa shape index (κ3) is 5.31. The highest BCUT2D eigenvalue weighted by Gasteiger charge is 2.12. The van der Waals surface area contributed by atoms with E-state index in [4.69, 9.17) is 4.74 Å². The number of hydrogen-bond donors (Lipinski definition) is 2. The fourth-order valence-corrected chi connectivity index (χ4v) is 2.75. The van der Waals surface area contributed by atoms with Crippen LogP contribution in [0.1, 0.15) is 18.1 Å². The van der Waals surface area contributed by atoms with Gasteiger partial charge in [0.25, 0.3) is 5.91 Å². The molecule has 0 spiro atoms. The van der Waals surface area contributed by atoms with Gasteiger partial charge in [0.05, 0.1) is 18.6 Å². The number of rotatable bonds is 7. The number of phenols is 1. The quantitative estimate of drug-likeness (QED) is 0.598. The van der Waals surface area contributed by atoms with Gasteiger partial charge in [-0.1, -0.05) is 30.3 Å². The highest BCUT2D eigenvalue weighted by Crippen LogP contribution is 2.25. The molecule has 5 nitrogen and oxygen atoms in total. The summed E-state index contributed by atoms with van der Waals surface area (Å²) in [5.74, 6) is 1.04. The van der Waals surface area contributed by atoms with Crippen LogP contribution in [0, 0.1) is 0 Å². The van der Waals surface area contributed by atoms with Gasteiger partial charge in [-0.3, -0.25) is 4.79 Å². The molecule has 0 fully saturated rings. The van der Waals surface area contributed by atoms with E-state index in [0.717, 1.165) is 11.3 Å². The summed E-state index contributed by atoms with van der Waals surface area (Å²) in [6.07, 6.45) is 1.51. The molecule has 0 saturated carbocycles. The summed E-state index contributed by atoms with van der Waals surface area (Å²) in [6.45, 7) is 1.85. The van der Waals surface area contributed by atoms with Crippen molar-refractivity contribution in [3.63, 3.8) is 0 Å². The molecule has 126 valence electrons. The fraction of sp³-hybridized carbons (Fsp3) is 0.222. The van der Waals surface area contributed by atoms with Crippen molar-refractivity contribution in [2.45, 2.75) is 17.9 Å². The number of ether oxygens (including phenoxy) is 1. The maximum absolute atomic E-state index is 12.0. The minimum atomic E-state index is -0.211. The van der Waals surface area contributed by atoms with E-state index in [2.05, 4.69) is 10.5 Å². The van der Waals surface area contributed by atoms with Crippen LogP contribution in [-0.2, 0) is 10.5 Å². The van der Waals surface area contributed by atoms with Crippen LogP contribution in [0.3, 0.4) is 0 Å². The van der Waals surface area contributed by atoms with E-state index >= 15 is 0 Å². The molecule has 0 aliphatic rings. The van der Waals surface area contributed by atoms with Gasteiger partial charge in [-0.25, -0.2) is 5.43 Å². The van der Waals surface area contributed by atoms with Crippen LogP contribution in [-0.4, -0.2) is 29.6 Å². The molecule has 0 aliphatic carbocycles. The summed E-state index contributed by atoms with van der Waals surface area (Å²) >= 11 is 1.55. The number of nitrogens with zero attached hydrogens (tertiary/aromatic N) is 1. The lowest BCUT2D eigenvalue weighted by atomic mass is 10.2. The molecule has 0 saturated heterocycles. The van der Waals surface area contributed by atoms with E-state index in [-0.39, 0.29) is 16.9 Å².